The third kappa shape index (κ3) is 9.64. The first kappa shape index (κ1) is 36.6. The Morgan fingerprint density at radius 3 is 2.23 bits per heavy atom. The predicted molar refractivity (Wildman–Crippen MR) is 194 cm³/mol. The maximum Gasteiger partial charge on any atom is 0.264 e. The summed E-state index contributed by atoms with van der Waals surface area (Å²) in [6, 6.07) is 29.8. The number of rotatable bonds is 17. The smallest absolute Gasteiger partial charge is 0.264 e. The van der Waals surface area contributed by atoms with Gasteiger partial charge in [0, 0.05) is 24.4 Å². The molecule has 0 aliphatic rings. The maximum atomic E-state index is 14.7. The highest BCUT2D eigenvalue weighted by molar-refractivity contribution is 7.98. The molecule has 0 heterocycles. The number of thioether (sulfide) groups is 1. The van der Waals surface area contributed by atoms with Gasteiger partial charge in [-0.25, -0.2) is 8.42 Å². The number of para-hydroxylation sites is 2. The van der Waals surface area contributed by atoms with E-state index in [1.54, 1.807) is 48.5 Å². The van der Waals surface area contributed by atoms with Gasteiger partial charge in [0.25, 0.3) is 10.0 Å². The highest BCUT2D eigenvalue weighted by Crippen LogP contribution is 2.33. The molecule has 10 heteroatoms. The zero-order valence-electron chi connectivity index (χ0n) is 28.1. The standard InChI is InChI=1S/C38H45N3O5S2/c1-5-7-24-39-38(43)35(26-30-15-9-8-10-16-30)40(27-31-17-13-14-29(3)25-31)37(42)28-41(34-18-11-12-19-36(34)46-6-2)48(44,45)33-22-20-32(47-4)21-23-33/h8-23,25,35H,5-7,24,26-28H2,1-4H3,(H,39,43)/t35-/m1/s1. The number of sulfonamides is 1. The number of nitrogens with one attached hydrogen (secondary N) is 1. The van der Waals surface area contributed by atoms with Crippen molar-refractivity contribution in [3.05, 3.63) is 120 Å². The molecule has 8 nitrogen and oxygen atoms in total. The zero-order chi connectivity index (χ0) is 34.5. The summed E-state index contributed by atoms with van der Waals surface area (Å²) in [5.74, 6) is -0.468. The van der Waals surface area contributed by atoms with Crippen LogP contribution in [0.5, 0.6) is 5.75 Å². The van der Waals surface area contributed by atoms with Gasteiger partial charge in [-0.3, -0.25) is 13.9 Å². The molecule has 1 atom stereocenters. The third-order valence-corrected chi connectivity index (χ3v) is 10.4. The minimum Gasteiger partial charge on any atom is -0.492 e. The first-order valence-electron chi connectivity index (χ1n) is 16.2. The van der Waals surface area contributed by atoms with Crippen LogP contribution in [0.25, 0.3) is 0 Å². The van der Waals surface area contributed by atoms with Gasteiger partial charge >= 0.3 is 0 Å². The van der Waals surface area contributed by atoms with Crippen molar-refractivity contribution in [2.45, 2.75) is 62.4 Å². The van der Waals surface area contributed by atoms with E-state index >= 15 is 0 Å². The number of hydrogen-bond acceptors (Lipinski definition) is 6. The van der Waals surface area contributed by atoms with Gasteiger partial charge < -0.3 is 15.0 Å². The van der Waals surface area contributed by atoms with Gasteiger partial charge in [0.15, 0.2) is 0 Å². The van der Waals surface area contributed by atoms with E-state index in [1.165, 1.54) is 16.7 Å². The number of hydrogen-bond donors (Lipinski definition) is 1. The van der Waals surface area contributed by atoms with E-state index in [2.05, 4.69) is 5.32 Å². The maximum absolute atomic E-state index is 14.7. The molecule has 0 saturated heterocycles. The summed E-state index contributed by atoms with van der Waals surface area (Å²) in [5, 5.41) is 3.03. The molecule has 0 spiro atoms. The Hall–Kier alpha value is -4.28. The van der Waals surface area contributed by atoms with E-state index in [0.29, 0.717) is 18.9 Å². The van der Waals surface area contributed by atoms with E-state index in [1.807, 2.05) is 81.6 Å². The molecule has 2 amide bonds. The minimum absolute atomic E-state index is 0.0442. The number of nitrogens with zero attached hydrogens (tertiary/aromatic N) is 2. The van der Waals surface area contributed by atoms with Crippen molar-refractivity contribution >= 4 is 39.3 Å². The van der Waals surface area contributed by atoms with E-state index < -0.39 is 28.5 Å². The Morgan fingerprint density at radius 1 is 0.875 bits per heavy atom. The Labute approximate surface area is 289 Å². The highest BCUT2D eigenvalue weighted by Gasteiger charge is 2.35. The average molecular weight is 688 g/mol. The first-order valence-corrected chi connectivity index (χ1v) is 18.9. The molecular formula is C38H45N3O5S2. The van der Waals surface area contributed by atoms with Gasteiger partial charge in [0.1, 0.15) is 18.3 Å². The van der Waals surface area contributed by atoms with E-state index in [0.717, 1.165) is 38.7 Å². The monoisotopic (exact) mass is 687 g/mol. The second-order valence-electron chi connectivity index (χ2n) is 11.4. The number of unbranched alkanes of at least 4 members (excludes halogenated alkanes) is 1. The van der Waals surface area contributed by atoms with Crippen LogP contribution in [-0.2, 0) is 32.6 Å². The van der Waals surface area contributed by atoms with Gasteiger partial charge in [-0.1, -0.05) is 85.6 Å². The summed E-state index contributed by atoms with van der Waals surface area (Å²) in [6.45, 7) is 6.18. The predicted octanol–water partition coefficient (Wildman–Crippen LogP) is 6.87. The molecule has 48 heavy (non-hydrogen) atoms. The van der Waals surface area contributed by atoms with Gasteiger partial charge in [-0.05, 0) is 74.0 Å². The van der Waals surface area contributed by atoms with Crippen molar-refractivity contribution in [2.75, 3.05) is 30.3 Å². The molecule has 4 rings (SSSR count). The molecule has 254 valence electrons. The highest BCUT2D eigenvalue weighted by atomic mass is 32.2. The molecule has 0 radical (unpaired) electrons. The fourth-order valence-electron chi connectivity index (χ4n) is 5.40. The number of benzene rings is 4. The van der Waals surface area contributed by atoms with Crippen LogP contribution in [0.3, 0.4) is 0 Å². The lowest BCUT2D eigenvalue weighted by Crippen LogP contribution is -2.53. The van der Waals surface area contributed by atoms with Crippen LogP contribution in [0.1, 0.15) is 43.4 Å². The fraction of sp³-hybridized carbons (Fsp3) is 0.316. The lowest BCUT2D eigenvalue weighted by atomic mass is 10.0. The molecule has 4 aromatic carbocycles. The summed E-state index contributed by atoms with van der Waals surface area (Å²) in [7, 11) is -4.25. The summed E-state index contributed by atoms with van der Waals surface area (Å²) >= 11 is 1.50. The molecule has 0 aromatic heterocycles. The van der Waals surface area contributed by atoms with Crippen molar-refractivity contribution in [3.8, 4) is 5.75 Å². The molecule has 0 aliphatic heterocycles. The van der Waals surface area contributed by atoms with Crippen LogP contribution < -0.4 is 14.4 Å². The van der Waals surface area contributed by atoms with Crippen molar-refractivity contribution in [1.82, 2.24) is 10.2 Å². The lowest BCUT2D eigenvalue weighted by molar-refractivity contribution is -0.140. The number of carbonyl (C=O) groups is 2. The molecule has 0 fully saturated rings. The van der Waals surface area contributed by atoms with Gasteiger partial charge in [-0.15, -0.1) is 11.8 Å². The summed E-state index contributed by atoms with van der Waals surface area (Å²) < 4.78 is 35.8. The van der Waals surface area contributed by atoms with Crippen LogP contribution >= 0.6 is 11.8 Å². The Kier molecular flexibility index (Phi) is 13.5. The molecule has 0 saturated carbocycles. The van der Waals surface area contributed by atoms with Gasteiger partial charge in [0.2, 0.25) is 11.8 Å². The second kappa shape index (κ2) is 17.8. The largest absolute Gasteiger partial charge is 0.492 e. The van der Waals surface area contributed by atoms with Crippen LogP contribution in [0, 0.1) is 6.92 Å². The van der Waals surface area contributed by atoms with E-state index in [4.69, 9.17) is 4.74 Å². The Morgan fingerprint density at radius 2 is 1.56 bits per heavy atom. The van der Waals surface area contributed by atoms with Gasteiger partial charge in [-0.2, -0.15) is 0 Å². The first-order chi connectivity index (χ1) is 23.2. The summed E-state index contributed by atoms with van der Waals surface area (Å²) in [6.07, 6.45) is 3.87. The van der Waals surface area contributed by atoms with Gasteiger partial charge in [0.05, 0.1) is 17.2 Å². The van der Waals surface area contributed by atoms with E-state index in [-0.39, 0.29) is 29.5 Å². The van der Waals surface area contributed by atoms with Crippen molar-refractivity contribution in [1.29, 1.82) is 0 Å². The average Bonchev–Trinajstić information content (AvgIpc) is 3.09. The van der Waals surface area contributed by atoms with Crippen LogP contribution in [0.15, 0.2) is 113 Å². The van der Waals surface area contributed by atoms with E-state index in [9.17, 15) is 18.0 Å². The Balaban J connectivity index is 1.83. The number of amides is 2. The molecule has 0 bridgehead atoms. The molecule has 1 N–H and O–H groups in total. The lowest BCUT2D eigenvalue weighted by Gasteiger charge is -2.34. The topological polar surface area (TPSA) is 96.0 Å². The fourth-order valence-corrected chi connectivity index (χ4v) is 7.23. The molecule has 0 unspecified atom stereocenters. The van der Waals surface area contributed by atoms with Crippen molar-refractivity contribution in [3.63, 3.8) is 0 Å². The number of aryl methyl sites for hydroxylation is 1. The second-order valence-corrected chi connectivity index (χ2v) is 14.2. The quantitative estimate of drug-likeness (QED) is 0.0962. The third-order valence-electron chi connectivity index (χ3n) is 7.90. The number of carbonyl (C=O) groups excluding carboxylic acids is 2. The molecule has 4 aromatic rings. The van der Waals surface area contributed by atoms with Crippen LogP contribution in [0.4, 0.5) is 5.69 Å². The van der Waals surface area contributed by atoms with Crippen molar-refractivity contribution < 1.29 is 22.7 Å². The zero-order valence-corrected chi connectivity index (χ0v) is 29.7. The van der Waals surface area contributed by atoms with Crippen LogP contribution in [0.2, 0.25) is 0 Å². The number of ether oxygens (including phenoxy) is 1. The summed E-state index contributed by atoms with van der Waals surface area (Å²) in [5.41, 5.74) is 2.97. The molecule has 0 aliphatic carbocycles. The van der Waals surface area contributed by atoms with Crippen molar-refractivity contribution in [2.24, 2.45) is 0 Å². The number of anilines is 1. The Bertz CT molecular complexity index is 1750. The summed E-state index contributed by atoms with van der Waals surface area (Å²) in [4.78, 5) is 31.1. The van der Waals surface area contributed by atoms with Crippen LogP contribution in [-0.4, -0.2) is 57.1 Å². The SMILES string of the molecule is CCCCNC(=O)[C@@H](Cc1ccccc1)N(Cc1cccc(C)c1)C(=O)CN(c1ccccc1OCC)S(=O)(=O)c1ccc(SC)cc1. The molecular weight excluding hydrogens is 643 g/mol. The normalized spacial score (nSPS) is 11.8. The minimum atomic E-state index is -4.25.